The Labute approximate surface area is 147 Å². The van der Waals surface area contributed by atoms with Crippen LogP contribution in [0.25, 0.3) is 5.78 Å². The van der Waals surface area contributed by atoms with Gasteiger partial charge in [-0.15, -0.1) is 0 Å². The number of nitrogens with zero attached hydrogens (tertiary/aromatic N) is 5. The molecule has 1 fully saturated rings. The Bertz CT molecular complexity index is 908. The van der Waals surface area contributed by atoms with Gasteiger partial charge in [-0.2, -0.15) is 27.8 Å². The normalized spacial score (nSPS) is 21.4. The standard InChI is InChI=1S/C17H17F3N6/c1-25-8-7-12(15(25)11-5-3-2-4-6-11)23-14-9-13(17(18,19)20)24-16-21-10-22-26(14)16/h2-6,9-10,12,15,23H,7-8H2,1H3/t12-,15+/m1/s1. The second-order valence-electron chi connectivity index (χ2n) is 6.37. The van der Waals surface area contributed by atoms with Crippen LogP contribution >= 0.6 is 0 Å². The third kappa shape index (κ3) is 2.98. The lowest BCUT2D eigenvalue weighted by molar-refractivity contribution is -0.141. The van der Waals surface area contributed by atoms with E-state index in [1.807, 2.05) is 37.4 Å². The van der Waals surface area contributed by atoms with Crippen molar-refractivity contribution in [1.82, 2.24) is 24.5 Å². The third-order valence-electron chi connectivity index (χ3n) is 4.67. The number of benzene rings is 1. The first-order chi connectivity index (χ1) is 12.4. The van der Waals surface area contributed by atoms with Crippen molar-refractivity contribution < 1.29 is 13.2 Å². The molecule has 1 aromatic carbocycles. The number of hydrogen-bond donors (Lipinski definition) is 1. The molecule has 0 aliphatic carbocycles. The molecule has 1 aliphatic heterocycles. The van der Waals surface area contributed by atoms with Crippen LogP contribution in [0.5, 0.6) is 0 Å². The van der Waals surface area contributed by atoms with Crippen molar-refractivity contribution in [3.8, 4) is 0 Å². The summed E-state index contributed by atoms with van der Waals surface area (Å²) < 4.78 is 40.8. The lowest BCUT2D eigenvalue weighted by Crippen LogP contribution is -2.30. The minimum absolute atomic E-state index is 0.0530. The number of rotatable bonds is 3. The highest BCUT2D eigenvalue weighted by atomic mass is 19.4. The number of nitrogens with one attached hydrogen (secondary N) is 1. The van der Waals surface area contributed by atoms with Crippen molar-refractivity contribution in [3.63, 3.8) is 0 Å². The number of anilines is 1. The van der Waals surface area contributed by atoms with Crippen molar-refractivity contribution in [2.75, 3.05) is 18.9 Å². The Hall–Kier alpha value is -2.68. The van der Waals surface area contributed by atoms with Crippen molar-refractivity contribution >= 4 is 11.6 Å². The van der Waals surface area contributed by atoms with E-state index in [-0.39, 0.29) is 23.7 Å². The SMILES string of the molecule is CN1CC[C@@H](Nc2cc(C(F)(F)F)nc3ncnn23)[C@@H]1c1ccccc1. The minimum Gasteiger partial charge on any atom is -0.365 e. The highest BCUT2D eigenvalue weighted by Gasteiger charge is 2.36. The number of fused-ring (bicyclic) bond motifs is 1. The van der Waals surface area contributed by atoms with Gasteiger partial charge in [-0.05, 0) is 19.0 Å². The highest BCUT2D eigenvalue weighted by molar-refractivity contribution is 5.47. The predicted octanol–water partition coefficient (Wildman–Crippen LogP) is 3.00. The molecule has 3 heterocycles. The van der Waals surface area contributed by atoms with Crippen LogP contribution in [-0.4, -0.2) is 44.1 Å². The summed E-state index contributed by atoms with van der Waals surface area (Å²) in [6.07, 6.45) is -2.55. The van der Waals surface area contributed by atoms with Crippen molar-refractivity contribution in [2.45, 2.75) is 24.7 Å². The average Bonchev–Trinajstić information content (AvgIpc) is 3.21. The van der Waals surface area contributed by atoms with E-state index in [0.717, 1.165) is 24.6 Å². The average molecular weight is 362 g/mol. The molecule has 0 amide bonds. The number of halogens is 3. The summed E-state index contributed by atoms with van der Waals surface area (Å²) in [6.45, 7) is 0.842. The molecule has 6 nitrogen and oxygen atoms in total. The lowest BCUT2D eigenvalue weighted by Gasteiger charge is -2.27. The second-order valence-corrected chi connectivity index (χ2v) is 6.37. The zero-order valence-corrected chi connectivity index (χ0v) is 14.0. The second kappa shape index (κ2) is 6.24. The zero-order valence-electron chi connectivity index (χ0n) is 14.0. The smallest absolute Gasteiger partial charge is 0.365 e. The monoisotopic (exact) mass is 362 g/mol. The fourth-order valence-corrected chi connectivity index (χ4v) is 3.49. The molecule has 0 radical (unpaired) electrons. The van der Waals surface area contributed by atoms with Gasteiger partial charge in [-0.1, -0.05) is 30.3 Å². The van der Waals surface area contributed by atoms with Gasteiger partial charge in [0.15, 0.2) is 5.69 Å². The largest absolute Gasteiger partial charge is 0.433 e. The van der Waals surface area contributed by atoms with E-state index in [2.05, 4.69) is 25.3 Å². The molecule has 26 heavy (non-hydrogen) atoms. The fourth-order valence-electron chi connectivity index (χ4n) is 3.49. The maximum absolute atomic E-state index is 13.2. The number of aromatic nitrogens is 4. The molecule has 2 aromatic heterocycles. The molecule has 4 rings (SSSR count). The van der Waals surface area contributed by atoms with E-state index >= 15 is 0 Å². The minimum atomic E-state index is -4.55. The van der Waals surface area contributed by atoms with Crippen LogP contribution in [0, 0.1) is 0 Å². The van der Waals surface area contributed by atoms with Gasteiger partial charge in [0, 0.05) is 18.7 Å². The van der Waals surface area contributed by atoms with Crippen LogP contribution in [0.3, 0.4) is 0 Å². The number of alkyl halides is 3. The Kier molecular flexibility index (Phi) is 4.03. The van der Waals surface area contributed by atoms with E-state index in [1.54, 1.807) is 0 Å². The summed E-state index contributed by atoms with van der Waals surface area (Å²) in [7, 11) is 2.01. The number of likely N-dealkylation sites (N-methyl/N-ethyl adjacent to an activating group) is 1. The predicted molar refractivity (Wildman–Crippen MR) is 89.6 cm³/mol. The molecular formula is C17H17F3N6. The first-order valence-corrected chi connectivity index (χ1v) is 8.23. The molecule has 1 aliphatic rings. The molecule has 2 atom stereocenters. The number of likely N-dealkylation sites (tertiary alicyclic amines) is 1. The van der Waals surface area contributed by atoms with Gasteiger partial charge in [0.05, 0.1) is 6.04 Å². The summed E-state index contributed by atoms with van der Waals surface area (Å²) in [5.74, 6) is 0.158. The Balaban J connectivity index is 1.71. The van der Waals surface area contributed by atoms with E-state index in [0.29, 0.717) is 0 Å². The van der Waals surface area contributed by atoms with Gasteiger partial charge in [0.2, 0.25) is 0 Å². The van der Waals surface area contributed by atoms with Crippen LogP contribution in [-0.2, 0) is 6.18 Å². The fraction of sp³-hybridized carbons (Fsp3) is 0.353. The molecule has 0 spiro atoms. The summed E-state index contributed by atoms with van der Waals surface area (Å²) in [5, 5.41) is 7.24. The molecule has 0 unspecified atom stereocenters. The molecule has 1 N–H and O–H groups in total. The van der Waals surface area contributed by atoms with E-state index in [9.17, 15) is 13.2 Å². The molecule has 136 valence electrons. The molecular weight excluding hydrogens is 345 g/mol. The quantitative estimate of drug-likeness (QED) is 0.776. The van der Waals surface area contributed by atoms with Crippen LogP contribution in [0.1, 0.15) is 23.7 Å². The Morgan fingerprint density at radius 3 is 2.69 bits per heavy atom. The van der Waals surface area contributed by atoms with Gasteiger partial charge in [0.1, 0.15) is 12.1 Å². The topological polar surface area (TPSA) is 58.3 Å². The van der Waals surface area contributed by atoms with Crippen LogP contribution in [0.2, 0.25) is 0 Å². The summed E-state index contributed by atoms with van der Waals surface area (Å²) in [6, 6.07) is 10.9. The Morgan fingerprint density at radius 1 is 1.19 bits per heavy atom. The molecule has 1 saturated heterocycles. The van der Waals surface area contributed by atoms with E-state index in [4.69, 9.17) is 0 Å². The Morgan fingerprint density at radius 2 is 1.96 bits per heavy atom. The number of hydrogen-bond acceptors (Lipinski definition) is 5. The van der Waals surface area contributed by atoms with Crippen molar-refractivity contribution in [3.05, 3.63) is 54.0 Å². The van der Waals surface area contributed by atoms with E-state index < -0.39 is 11.9 Å². The first kappa shape index (κ1) is 16.8. The van der Waals surface area contributed by atoms with Crippen molar-refractivity contribution in [2.24, 2.45) is 0 Å². The van der Waals surface area contributed by atoms with Gasteiger partial charge in [0.25, 0.3) is 5.78 Å². The van der Waals surface area contributed by atoms with Crippen LogP contribution < -0.4 is 5.32 Å². The zero-order chi connectivity index (χ0) is 18.3. The van der Waals surface area contributed by atoms with Gasteiger partial charge < -0.3 is 5.32 Å². The molecule has 9 heteroatoms. The van der Waals surface area contributed by atoms with E-state index in [1.165, 1.54) is 10.8 Å². The lowest BCUT2D eigenvalue weighted by atomic mass is 10.0. The molecule has 0 bridgehead atoms. The third-order valence-corrected chi connectivity index (χ3v) is 4.67. The molecule has 3 aromatic rings. The first-order valence-electron chi connectivity index (χ1n) is 8.23. The van der Waals surface area contributed by atoms with Crippen LogP contribution in [0.15, 0.2) is 42.7 Å². The van der Waals surface area contributed by atoms with Gasteiger partial charge >= 0.3 is 6.18 Å². The summed E-state index contributed by atoms with van der Waals surface area (Å²) in [5.41, 5.74) is 0.132. The molecule has 0 saturated carbocycles. The summed E-state index contributed by atoms with van der Waals surface area (Å²) >= 11 is 0. The summed E-state index contributed by atoms with van der Waals surface area (Å²) in [4.78, 5) is 9.55. The highest BCUT2D eigenvalue weighted by Crippen LogP contribution is 2.34. The maximum Gasteiger partial charge on any atom is 0.433 e. The van der Waals surface area contributed by atoms with Gasteiger partial charge in [-0.25, -0.2) is 4.98 Å². The van der Waals surface area contributed by atoms with Crippen molar-refractivity contribution in [1.29, 1.82) is 0 Å². The maximum atomic E-state index is 13.2. The van der Waals surface area contributed by atoms with Gasteiger partial charge in [-0.3, -0.25) is 4.90 Å². The van der Waals surface area contributed by atoms with Crippen LogP contribution in [0.4, 0.5) is 19.0 Å².